The van der Waals surface area contributed by atoms with Gasteiger partial charge in [0.25, 0.3) is 0 Å². The van der Waals surface area contributed by atoms with Crippen LogP contribution in [0.3, 0.4) is 0 Å². The zero-order valence-corrected chi connectivity index (χ0v) is 6.96. The number of anilines is 1. The van der Waals surface area contributed by atoms with E-state index in [9.17, 15) is 4.39 Å². The Balaban J connectivity index is 2.48. The zero-order chi connectivity index (χ0) is 8.97. The lowest BCUT2D eigenvalue weighted by atomic mass is 10.3. The van der Waals surface area contributed by atoms with E-state index in [4.69, 9.17) is 10.5 Å². The highest BCUT2D eigenvalue weighted by Crippen LogP contribution is 2.13. The number of ether oxygens (including phenoxy) is 1. The highest BCUT2D eigenvalue weighted by molar-refractivity contribution is 5.41. The van der Waals surface area contributed by atoms with Gasteiger partial charge in [-0.1, -0.05) is 0 Å². The first-order chi connectivity index (χ1) is 5.68. The van der Waals surface area contributed by atoms with Crippen molar-refractivity contribution < 1.29 is 9.13 Å². The first-order valence-electron chi connectivity index (χ1n) is 3.81. The highest BCUT2D eigenvalue weighted by atomic mass is 19.1. The summed E-state index contributed by atoms with van der Waals surface area (Å²) in [5, 5.41) is 0. The minimum absolute atomic E-state index is 0.0872. The summed E-state index contributed by atoms with van der Waals surface area (Å²) in [6.45, 7) is 1.54. The Morgan fingerprint density at radius 1 is 1.42 bits per heavy atom. The Bertz CT molecular complexity index is 233. The third-order valence-corrected chi connectivity index (χ3v) is 1.36. The van der Waals surface area contributed by atoms with Gasteiger partial charge in [-0.2, -0.15) is 0 Å². The van der Waals surface area contributed by atoms with Crippen molar-refractivity contribution in [3.8, 4) is 5.75 Å². The number of benzene rings is 1. The van der Waals surface area contributed by atoms with Crippen LogP contribution in [0.1, 0.15) is 6.92 Å². The minimum Gasteiger partial charge on any atom is -0.491 e. The van der Waals surface area contributed by atoms with Crippen molar-refractivity contribution in [3.63, 3.8) is 0 Å². The van der Waals surface area contributed by atoms with Gasteiger partial charge in [-0.3, -0.25) is 0 Å². The molecule has 1 aromatic carbocycles. The van der Waals surface area contributed by atoms with Gasteiger partial charge in [0.2, 0.25) is 0 Å². The molecule has 0 aromatic heterocycles. The molecule has 0 bridgehead atoms. The summed E-state index contributed by atoms with van der Waals surface area (Å²) in [7, 11) is 0. The lowest BCUT2D eigenvalue weighted by molar-refractivity contribution is 0.210. The summed E-state index contributed by atoms with van der Waals surface area (Å²) in [5.74, 6) is 0.647. The number of alkyl halides is 1. The van der Waals surface area contributed by atoms with Crippen molar-refractivity contribution in [2.24, 2.45) is 0 Å². The molecule has 66 valence electrons. The summed E-state index contributed by atoms with van der Waals surface area (Å²) in [6.07, 6.45) is -0.942. The first kappa shape index (κ1) is 8.84. The Hall–Kier alpha value is -1.25. The zero-order valence-electron chi connectivity index (χ0n) is 6.96. The molecular formula is C9H12FNO. The summed E-state index contributed by atoms with van der Waals surface area (Å²) in [5.41, 5.74) is 6.13. The van der Waals surface area contributed by atoms with Gasteiger partial charge >= 0.3 is 0 Å². The minimum atomic E-state index is -0.942. The Morgan fingerprint density at radius 3 is 2.50 bits per heavy atom. The molecule has 0 amide bonds. The maximum Gasteiger partial charge on any atom is 0.131 e. The lowest BCUT2D eigenvalue weighted by Gasteiger charge is -2.06. The van der Waals surface area contributed by atoms with Gasteiger partial charge in [0, 0.05) is 5.69 Å². The average molecular weight is 169 g/mol. The lowest BCUT2D eigenvalue weighted by Crippen LogP contribution is -2.08. The SMILES string of the molecule is C[C@H](F)COc1ccc(N)cc1. The molecule has 2 N–H and O–H groups in total. The Kier molecular flexibility index (Phi) is 2.91. The normalized spacial score (nSPS) is 12.5. The first-order valence-corrected chi connectivity index (χ1v) is 3.81. The van der Waals surface area contributed by atoms with Gasteiger partial charge < -0.3 is 10.5 Å². The number of rotatable bonds is 3. The number of halogens is 1. The second-order valence-corrected chi connectivity index (χ2v) is 2.66. The second kappa shape index (κ2) is 3.95. The number of nitrogen functional groups attached to an aromatic ring is 1. The number of hydrogen-bond donors (Lipinski definition) is 1. The van der Waals surface area contributed by atoms with Crippen molar-refractivity contribution >= 4 is 5.69 Å². The maximum atomic E-state index is 12.3. The molecule has 1 atom stereocenters. The van der Waals surface area contributed by atoms with Crippen LogP contribution in [0.25, 0.3) is 0 Å². The van der Waals surface area contributed by atoms with Crippen LogP contribution in [-0.4, -0.2) is 12.8 Å². The molecule has 3 heteroatoms. The third-order valence-electron chi connectivity index (χ3n) is 1.36. The van der Waals surface area contributed by atoms with Crippen LogP contribution in [0.5, 0.6) is 5.75 Å². The van der Waals surface area contributed by atoms with E-state index in [1.807, 2.05) is 0 Å². The van der Waals surface area contributed by atoms with Gasteiger partial charge in [-0.15, -0.1) is 0 Å². The molecule has 1 rings (SSSR count). The molecule has 2 nitrogen and oxygen atoms in total. The number of nitrogens with two attached hydrogens (primary N) is 1. The van der Waals surface area contributed by atoms with Crippen LogP contribution in [0, 0.1) is 0 Å². The van der Waals surface area contributed by atoms with Crippen LogP contribution in [0.15, 0.2) is 24.3 Å². The molecule has 0 saturated carbocycles. The molecule has 0 unspecified atom stereocenters. The predicted octanol–water partition coefficient (Wildman–Crippen LogP) is 2.01. The van der Waals surface area contributed by atoms with E-state index in [1.54, 1.807) is 24.3 Å². The molecule has 0 spiro atoms. The quantitative estimate of drug-likeness (QED) is 0.702. The van der Waals surface area contributed by atoms with Gasteiger partial charge in [0.05, 0.1) is 0 Å². The van der Waals surface area contributed by atoms with Crippen LogP contribution in [0.2, 0.25) is 0 Å². The van der Waals surface area contributed by atoms with E-state index in [2.05, 4.69) is 0 Å². The summed E-state index contributed by atoms with van der Waals surface area (Å²) < 4.78 is 17.4. The molecular weight excluding hydrogens is 157 g/mol. The van der Waals surface area contributed by atoms with Gasteiger partial charge in [-0.25, -0.2) is 4.39 Å². The van der Waals surface area contributed by atoms with Crippen molar-refractivity contribution in [2.75, 3.05) is 12.3 Å². The molecule has 0 saturated heterocycles. The molecule has 0 aliphatic heterocycles. The van der Waals surface area contributed by atoms with Crippen LogP contribution < -0.4 is 10.5 Å². The molecule has 1 aromatic rings. The fourth-order valence-electron chi connectivity index (χ4n) is 0.775. The molecule has 12 heavy (non-hydrogen) atoms. The Labute approximate surface area is 71.1 Å². The van der Waals surface area contributed by atoms with Crippen LogP contribution in [0.4, 0.5) is 10.1 Å². The van der Waals surface area contributed by atoms with E-state index in [0.717, 1.165) is 0 Å². The van der Waals surface area contributed by atoms with E-state index >= 15 is 0 Å². The smallest absolute Gasteiger partial charge is 0.131 e. The fraction of sp³-hybridized carbons (Fsp3) is 0.333. The molecule has 0 heterocycles. The van der Waals surface area contributed by atoms with E-state index < -0.39 is 6.17 Å². The third kappa shape index (κ3) is 2.78. The fourth-order valence-corrected chi connectivity index (χ4v) is 0.775. The maximum absolute atomic E-state index is 12.3. The molecule has 0 fully saturated rings. The van der Waals surface area contributed by atoms with Crippen molar-refractivity contribution in [2.45, 2.75) is 13.1 Å². The molecule has 0 radical (unpaired) electrons. The standard InChI is InChI=1S/C9H12FNO/c1-7(10)6-12-9-4-2-8(11)3-5-9/h2-5,7H,6,11H2,1H3/t7-/m0/s1. The second-order valence-electron chi connectivity index (χ2n) is 2.66. The van der Waals surface area contributed by atoms with Gasteiger partial charge in [0.15, 0.2) is 0 Å². The van der Waals surface area contributed by atoms with Crippen molar-refractivity contribution in [3.05, 3.63) is 24.3 Å². The topological polar surface area (TPSA) is 35.2 Å². The van der Waals surface area contributed by atoms with E-state index in [1.165, 1.54) is 6.92 Å². The predicted molar refractivity (Wildman–Crippen MR) is 46.9 cm³/mol. The number of hydrogen-bond acceptors (Lipinski definition) is 2. The van der Waals surface area contributed by atoms with E-state index in [0.29, 0.717) is 11.4 Å². The molecule has 0 aliphatic carbocycles. The van der Waals surface area contributed by atoms with Gasteiger partial charge in [-0.05, 0) is 31.2 Å². The Morgan fingerprint density at radius 2 is 2.00 bits per heavy atom. The monoisotopic (exact) mass is 169 g/mol. The van der Waals surface area contributed by atoms with Crippen molar-refractivity contribution in [1.82, 2.24) is 0 Å². The summed E-state index contributed by atoms with van der Waals surface area (Å²) in [4.78, 5) is 0. The largest absolute Gasteiger partial charge is 0.491 e. The van der Waals surface area contributed by atoms with Crippen molar-refractivity contribution in [1.29, 1.82) is 0 Å². The molecule has 0 aliphatic rings. The van der Waals surface area contributed by atoms with E-state index in [-0.39, 0.29) is 6.61 Å². The summed E-state index contributed by atoms with van der Waals surface area (Å²) in [6, 6.07) is 6.88. The highest BCUT2D eigenvalue weighted by Gasteiger charge is 1.98. The van der Waals surface area contributed by atoms with Gasteiger partial charge in [0.1, 0.15) is 18.5 Å². The van der Waals surface area contributed by atoms with Crippen LogP contribution in [-0.2, 0) is 0 Å². The summed E-state index contributed by atoms with van der Waals surface area (Å²) >= 11 is 0. The van der Waals surface area contributed by atoms with Crippen LogP contribution >= 0.6 is 0 Å². The average Bonchev–Trinajstić information content (AvgIpc) is 2.03.